The van der Waals surface area contributed by atoms with E-state index in [0.717, 1.165) is 61.3 Å². The number of aromatic nitrogens is 4. The van der Waals surface area contributed by atoms with Crippen molar-refractivity contribution in [1.29, 1.82) is 0 Å². The molecule has 1 aromatic carbocycles. The molecule has 156 valence electrons. The summed E-state index contributed by atoms with van der Waals surface area (Å²) in [6, 6.07) is 10.1. The molecule has 3 heterocycles. The third-order valence-electron chi connectivity index (χ3n) is 6.37. The lowest BCUT2D eigenvalue weighted by atomic mass is 9.90. The van der Waals surface area contributed by atoms with Gasteiger partial charge in [0.05, 0.1) is 29.7 Å². The van der Waals surface area contributed by atoms with Gasteiger partial charge in [-0.25, -0.2) is 14.6 Å². The molecule has 2 aliphatic rings. The summed E-state index contributed by atoms with van der Waals surface area (Å²) < 4.78 is 7.83. The molecule has 1 aliphatic carbocycles. The Labute approximate surface area is 181 Å². The summed E-state index contributed by atoms with van der Waals surface area (Å²) in [7, 11) is 0. The summed E-state index contributed by atoms with van der Waals surface area (Å²) in [5, 5.41) is 4.84. The molecule has 1 aliphatic heterocycles. The van der Waals surface area contributed by atoms with Gasteiger partial charge in [0.1, 0.15) is 5.75 Å². The van der Waals surface area contributed by atoms with Gasteiger partial charge < -0.3 is 9.64 Å². The molecule has 2 aromatic heterocycles. The number of rotatable bonds is 7. The van der Waals surface area contributed by atoms with Crippen LogP contribution in [0.4, 0.5) is 5.95 Å². The maximum absolute atomic E-state index is 5.98. The molecular weight excluding hydrogens is 398 g/mol. The first-order valence-electron chi connectivity index (χ1n) is 10.7. The molecule has 0 bridgehead atoms. The molecule has 2 atom stereocenters. The van der Waals surface area contributed by atoms with Crippen molar-refractivity contribution in [3.05, 3.63) is 60.1 Å². The van der Waals surface area contributed by atoms with E-state index in [-0.39, 0.29) is 0 Å². The van der Waals surface area contributed by atoms with Crippen LogP contribution in [0, 0.1) is 17.8 Å². The van der Waals surface area contributed by atoms with Gasteiger partial charge >= 0.3 is 0 Å². The van der Waals surface area contributed by atoms with Gasteiger partial charge in [0.15, 0.2) is 0 Å². The number of hydrogen-bond acceptors (Lipinski definition) is 5. The van der Waals surface area contributed by atoms with E-state index in [2.05, 4.69) is 20.0 Å². The quantitative estimate of drug-likeness (QED) is 0.554. The highest BCUT2D eigenvalue weighted by Crippen LogP contribution is 2.49. The average molecular weight is 424 g/mol. The van der Waals surface area contributed by atoms with Crippen molar-refractivity contribution in [2.75, 3.05) is 24.6 Å². The molecule has 1 saturated heterocycles. The van der Waals surface area contributed by atoms with Crippen LogP contribution in [0.5, 0.6) is 5.75 Å². The Bertz CT molecular complexity index is 937. The van der Waals surface area contributed by atoms with Gasteiger partial charge in [-0.05, 0) is 73.8 Å². The second kappa shape index (κ2) is 8.64. The molecule has 1 saturated carbocycles. The van der Waals surface area contributed by atoms with Crippen LogP contribution in [-0.4, -0.2) is 39.4 Å². The van der Waals surface area contributed by atoms with Crippen molar-refractivity contribution in [3.63, 3.8) is 0 Å². The van der Waals surface area contributed by atoms with Crippen LogP contribution in [0.3, 0.4) is 0 Å². The molecule has 0 N–H and O–H groups in total. The Morgan fingerprint density at radius 2 is 1.83 bits per heavy atom. The highest BCUT2D eigenvalue weighted by molar-refractivity contribution is 6.30. The minimum absolute atomic E-state index is 0.588. The molecule has 30 heavy (non-hydrogen) atoms. The SMILES string of the molecule is Clc1cnc(N2CCC([C@@H]3C[C@@H]3CCOc3ccc(-n4cccn4)cc3)CC2)nc1. The zero-order valence-electron chi connectivity index (χ0n) is 16.9. The smallest absolute Gasteiger partial charge is 0.225 e. The van der Waals surface area contributed by atoms with Crippen LogP contribution < -0.4 is 9.64 Å². The Kier molecular flexibility index (Phi) is 5.58. The molecule has 0 spiro atoms. The first-order chi connectivity index (χ1) is 14.8. The maximum Gasteiger partial charge on any atom is 0.225 e. The lowest BCUT2D eigenvalue weighted by molar-refractivity contribution is 0.284. The minimum Gasteiger partial charge on any atom is -0.494 e. The Morgan fingerprint density at radius 1 is 1.07 bits per heavy atom. The zero-order chi connectivity index (χ0) is 20.3. The Morgan fingerprint density at radius 3 is 2.53 bits per heavy atom. The number of piperidine rings is 1. The second-order valence-corrected chi connectivity index (χ2v) is 8.70. The van der Waals surface area contributed by atoms with Crippen molar-refractivity contribution in [2.45, 2.75) is 25.7 Å². The van der Waals surface area contributed by atoms with E-state index in [1.54, 1.807) is 18.6 Å². The number of hydrogen-bond donors (Lipinski definition) is 0. The summed E-state index contributed by atoms with van der Waals surface area (Å²) in [6.45, 7) is 2.86. The highest BCUT2D eigenvalue weighted by atomic mass is 35.5. The number of nitrogens with zero attached hydrogens (tertiary/aromatic N) is 5. The minimum atomic E-state index is 0.588. The fraction of sp³-hybridized carbons (Fsp3) is 0.435. The Balaban J connectivity index is 1.03. The first kappa shape index (κ1) is 19.4. The van der Waals surface area contributed by atoms with Gasteiger partial charge in [0.25, 0.3) is 0 Å². The number of ether oxygens (including phenoxy) is 1. The lowest BCUT2D eigenvalue weighted by Gasteiger charge is -2.32. The van der Waals surface area contributed by atoms with E-state index in [1.165, 1.54) is 19.3 Å². The summed E-state index contributed by atoms with van der Waals surface area (Å²) in [6.07, 6.45) is 12.0. The van der Waals surface area contributed by atoms with Gasteiger partial charge in [-0.1, -0.05) is 11.6 Å². The Hall–Kier alpha value is -2.60. The standard InChI is InChI=1S/C23H26ClN5O/c24-19-15-25-23(26-16-19)28-11-6-17(7-12-28)22-14-18(22)8-13-30-21-4-2-20(3-5-21)29-10-1-9-27-29/h1-5,9-10,15-18,22H,6-8,11-14H2/t18-,22-/m0/s1. The summed E-state index contributed by atoms with van der Waals surface area (Å²) >= 11 is 5.89. The van der Waals surface area contributed by atoms with Crippen molar-refractivity contribution in [3.8, 4) is 11.4 Å². The van der Waals surface area contributed by atoms with E-state index in [4.69, 9.17) is 16.3 Å². The van der Waals surface area contributed by atoms with Crippen molar-refractivity contribution >= 4 is 17.5 Å². The lowest BCUT2D eigenvalue weighted by Crippen LogP contribution is -2.35. The molecule has 0 unspecified atom stereocenters. The topological polar surface area (TPSA) is 56.1 Å². The van der Waals surface area contributed by atoms with Crippen molar-refractivity contribution in [1.82, 2.24) is 19.7 Å². The fourth-order valence-corrected chi connectivity index (χ4v) is 4.72. The van der Waals surface area contributed by atoms with Gasteiger partial charge in [-0.3, -0.25) is 0 Å². The first-order valence-corrected chi connectivity index (χ1v) is 11.1. The fourth-order valence-electron chi connectivity index (χ4n) is 4.62. The van der Waals surface area contributed by atoms with Crippen LogP contribution in [0.2, 0.25) is 5.02 Å². The van der Waals surface area contributed by atoms with Gasteiger partial charge in [-0.15, -0.1) is 0 Å². The molecule has 5 rings (SSSR count). The van der Waals surface area contributed by atoms with Gasteiger partial charge in [-0.2, -0.15) is 5.10 Å². The number of benzene rings is 1. The van der Waals surface area contributed by atoms with E-state index >= 15 is 0 Å². The molecule has 2 fully saturated rings. The van der Waals surface area contributed by atoms with Crippen LogP contribution in [0.15, 0.2) is 55.1 Å². The molecule has 6 nitrogen and oxygen atoms in total. The largest absolute Gasteiger partial charge is 0.494 e. The van der Waals surface area contributed by atoms with Crippen LogP contribution in [0.25, 0.3) is 5.69 Å². The number of anilines is 1. The molecule has 0 amide bonds. The third-order valence-corrected chi connectivity index (χ3v) is 6.57. The van der Waals surface area contributed by atoms with E-state index in [0.29, 0.717) is 5.02 Å². The summed E-state index contributed by atoms with van der Waals surface area (Å²) in [5.74, 6) is 4.24. The van der Waals surface area contributed by atoms with Crippen molar-refractivity contribution in [2.24, 2.45) is 17.8 Å². The highest BCUT2D eigenvalue weighted by Gasteiger charge is 2.43. The summed E-state index contributed by atoms with van der Waals surface area (Å²) in [5.41, 5.74) is 1.05. The van der Waals surface area contributed by atoms with Crippen LogP contribution >= 0.6 is 11.6 Å². The van der Waals surface area contributed by atoms with E-state index in [1.807, 2.05) is 41.2 Å². The van der Waals surface area contributed by atoms with Gasteiger partial charge in [0.2, 0.25) is 5.95 Å². The maximum atomic E-state index is 5.98. The number of halogens is 1. The van der Waals surface area contributed by atoms with E-state index in [9.17, 15) is 0 Å². The molecular formula is C23H26ClN5O. The zero-order valence-corrected chi connectivity index (χ0v) is 17.7. The monoisotopic (exact) mass is 423 g/mol. The van der Waals surface area contributed by atoms with E-state index < -0.39 is 0 Å². The van der Waals surface area contributed by atoms with Gasteiger partial charge in [0, 0.05) is 25.5 Å². The van der Waals surface area contributed by atoms with Crippen LogP contribution in [-0.2, 0) is 0 Å². The van der Waals surface area contributed by atoms with Crippen molar-refractivity contribution < 1.29 is 4.74 Å². The molecule has 3 aromatic rings. The molecule has 7 heteroatoms. The second-order valence-electron chi connectivity index (χ2n) is 8.27. The average Bonchev–Trinajstić information content (AvgIpc) is 3.34. The predicted molar refractivity (Wildman–Crippen MR) is 117 cm³/mol. The normalized spacial score (nSPS) is 21.6. The van der Waals surface area contributed by atoms with Crippen LogP contribution in [0.1, 0.15) is 25.7 Å². The third kappa shape index (κ3) is 4.43. The summed E-state index contributed by atoms with van der Waals surface area (Å²) in [4.78, 5) is 11.0. The molecule has 0 radical (unpaired) electrons. The predicted octanol–water partition coefficient (Wildman–Crippen LogP) is 4.64.